The molecule has 0 N–H and O–H groups in total. The van der Waals surface area contributed by atoms with Crippen molar-refractivity contribution in [3.63, 3.8) is 0 Å². The van der Waals surface area contributed by atoms with Crippen molar-refractivity contribution in [2.24, 2.45) is 11.3 Å². The summed E-state index contributed by atoms with van der Waals surface area (Å²) >= 11 is 0. The number of ether oxygens (including phenoxy) is 2. The second-order valence-electron chi connectivity index (χ2n) is 5.88. The van der Waals surface area contributed by atoms with Crippen LogP contribution in [0.25, 0.3) is 0 Å². The van der Waals surface area contributed by atoms with Crippen molar-refractivity contribution in [3.05, 3.63) is 0 Å². The summed E-state index contributed by atoms with van der Waals surface area (Å²) in [7, 11) is 0. The van der Waals surface area contributed by atoms with Crippen LogP contribution < -0.4 is 0 Å². The van der Waals surface area contributed by atoms with E-state index in [9.17, 15) is 9.59 Å². The third-order valence-corrected chi connectivity index (χ3v) is 3.55. The second-order valence-corrected chi connectivity index (χ2v) is 5.88. The molecule has 2 unspecified atom stereocenters. The maximum Gasteiger partial charge on any atom is 0.313 e. The molecule has 1 rings (SSSR count). The highest BCUT2D eigenvalue weighted by Gasteiger charge is 2.51. The molecule has 0 amide bonds. The van der Waals surface area contributed by atoms with E-state index in [0.717, 1.165) is 0 Å². The zero-order valence-electron chi connectivity index (χ0n) is 11.5. The number of carbonyl (C=O) groups is 2. The summed E-state index contributed by atoms with van der Waals surface area (Å²) in [5, 5.41) is 0. The van der Waals surface area contributed by atoms with Crippen molar-refractivity contribution in [2.45, 2.75) is 59.7 Å². The molecule has 2 atom stereocenters. The van der Waals surface area contributed by atoms with Crippen molar-refractivity contribution in [2.75, 3.05) is 0 Å². The minimum absolute atomic E-state index is 0.275. The van der Waals surface area contributed by atoms with Gasteiger partial charge in [0.2, 0.25) is 0 Å². The SMILES string of the molecule is CCC(C)(C)C(=O)OC1C(C)C(=O)OC1(C)C. The van der Waals surface area contributed by atoms with Crippen LogP contribution in [0.3, 0.4) is 0 Å². The van der Waals surface area contributed by atoms with E-state index in [4.69, 9.17) is 9.47 Å². The zero-order valence-corrected chi connectivity index (χ0v) is 11.5. The first-order valence-corrected chi connectivity index (χ1v) is 6.06. The third kappa shape index (κ3) is 2.61. The Morgan fingerprint density at radius 1 is 1.47 bits per heavy atom. The molecule has 1 fully saturated rings. The number of esters is 2. The largest absolute Gasteiger partial charge is 0.457 e. The zero-order chi connectivity index (χ0) is 13.4. The highest BCUT2D eigenvalue weighted by Crippen LogP contribution is 2.35. The molecule has 0 aromatic heterocycles. The standard InChI is InChI=1S/C13H22O4/c1-7-12(3,4)11(15)16-9-8(2)10(14)17-13(9,5)6/h8-9H,7H2,1-6H3. The molecule has 4 nitrogen and oxygen atoms in total. The van der Waals surface area contributed by atoms with E-state index >= 15 is 0 Å². The van der Waals surface area contributed by atoms with Gasteiger partial charge in [-0.1, -0.05) is 6.92 Å². The van der Waals surface area contributed by atoms with E-state index in [1.807, 2.05) is 20.8 Å². The number of carbonyl (C=O) groups excluding carboxylic acids is 2. The van der Waals surface area contributed by atoms with E-state index in [0.29, 0.717) is 6.42 Å². The van der Waals surface area contributed by atoms with E-state index in [1.165, 1.54) is 0 Å². The number of hydrogen-bond donors (Lipinski definition) is 0. The summed E-state index contributed by atoms with van der Waals surface area (Å²) in [6.07, 6.45) is 0.190. The van der Waals surface area contributed by atoms with Crippen LogP contribution in [0.1, 0.15) is 48.0 Å². The molecule has 1 aliphatic heterocycles. The van der Waals surface area contributed by atoms with Crippen LogP contribution in [0.15, 0.2) is 0 Å². The lowest BCUT2D eigenvalue weighted by Gasteiger charge is -2.29. The van der Waals surface area contributed by atoms with Gasteiger partial charge in [-0.2, -0.15) is 0 Å². The van der Waals surface area contributed by atoms with Gasteiger partial charge in [0.15, 0.2) is 6.10 Å². The summed E-state index contributed by atoms with van der Waals surface area (Å²) in [6, 6.07) is 0. The lowest BCUT2D eigenvalue weighted by molar-refractivity contribution is -0.169. The van der Waals surface area contributed by atoms with Crippen molar-refractivity contribution in [3.8, 4) is 0 Å². The molecule has 98 valence electrons. The van der Waals surface area contributed by atoms with Crippen LogP contribution in [0.4, 0.5) is 0 Å². The van der Waals surface area contributed by atoms with Gasteiger partial charge in [-0.25, -0.2) is 0 Å². The lowest BCUT2D eigenvalue weighted by atomic mass is 9.89. The van der Waals surface area contributed by atoms with Crippen LogP contribution in [-0.4, -0.2) is 23.6 Å². The molecule has 0 aromatic rings. The summed E-state index contributed by atoms with van der Waals surface area (Å²) in [4.78, 5) is 23.5. The van der Waals surface area contributed by atoms with Crippen molar-refractivity contribution >= 4 is 11.9 Å². The Morgan fingerprint density at radius 3 is 2.35 bits per heavy atom. The van der Waals surface area contributed by atoms with Gasteiger partial charge < -0.3 is 9.47 Å². The van der Waals surface area contributed by atoms with Gasteiger partial charge in [-0.05, 0) is 41.0 Å². The molecule has 0 radical (unpaired) electrons. The van der Waals surface area contributed by atoms with Crippen molar-refractivity contribution < 1.29 is 19.1 Å². The minimum atomic E-state index is -0.740. The molecule has 1 aliphatic rings. The Balaban J connectivity index is 2.81. The Kier molecular flexibility index (Phi) is 3.55. The molecule has 17 heavy (non-hydrogen) atoms. The molecule has 1 saturated heterocycles. The van der Waals surface area contributed by atoms with Gasteiger partial charge >= 0.3 is 11.9 Å². The first kappa shape index (κ1) is 14.0. The summed E-state index contributed by atoms with van der Waals surface area (Å²) in [5.74, 6) is -0.980. The van der Waals surface area contributed by atoms with Gasteiger partial charge in [0.05, 0.1) is 11.3 Å². The molecule has 0 saturated carbocycles. The van der Waals surface area contributed by atoms with E-state index in [1.54, 1.807) is 20.8 Å². The van der Waals surface area contributed by atoms with Gasteiger partial charge in [0, 0.05) is 0 Å². The number of rotatable bonds is 3. The monoisotopic (exact) mass is 242 g/mol. The third-order valence-electron chi connectivity index (χ3n) is 3.55. The van der Waals surface area contributed by atoms with Crippen LogP contribution in [0, 0.1) is 11.3 Å². The van der Waals surface area contributed by atoms with Gasteiger partial charge in [0.25, 0.3) is 0 Å². The minimum Gasteiger partial charge on any atom is -0.457 e. The predicted octanol–water partition coefficient (Wildman–Crippen LogP) is 2.31. The molecule has 0 aromatic carbocycles. The Bertz CT molecular complexity index is 330. The topological polar surface area (TPSA) is 52.6 Å². The normalized spacial score (nSPS) is 27.8. The molecule has 0 spiro atoms. The van der Waals surface area contributed by atoms with Crippen LogP contribution in [-0.2, 0) is 19.1 Å². The maximum absolute atomic E-state index is 12.0. The average molecular weight is 242 g/mol. The van der Waals surface area contributed by atoms with Crippen molar-refractivity contribution in [1.82, 2.24) is 0 Å². The predicted molar refractivity (Wildman–Crippen MR) is 63.3 cm³/mol. The Labute approximate surface area is 103 Å². The van der Waals surface area contributed by atoms with Gasteiger partial charge in [-0.15, -0.1) is 0 Å². The highest BCUT2D eigenvalue weighted by molar-refractivity contribution is 5.79. The van der Waals surface area contributed by atoms with Crippen LogP contribution in [0.5, 0.6) is 0 Å². The first-order chi connectivity index (χ1) is 7.62. The van der Waals surface area contributed by atoms with E-state index < -0.39 is 23.0 Å². The smallest absolute Gasteiger partial charge is 0.313 e. The molecular formula is C13H22O4. The molecular weight excluding hydrogens is 220 g/mol. The lowest BCUT2D eigenvalue weighted by Crippen LogP contribution is -2.41. The summed E-state index contributed by atoms with van der Waals surface area (Å²) in [6.45, 7) is 10.9. The number of hydrogen-bond acceptors (Lipinski definition) is 4. The second kappa shape index (κ2) is 4.31. The highest BCUT2D eigenvalue weighted by atomic mass is 16.6. The molecule has 0 aliphatic carbocycles. The number of cyclic esters (lactones) is 1. The summed E-state index contributed by atoms with van der Waals surface area (Å²) in [5.41, 5.74) is -1.27. The van der Waals surface area contributed by atoms with E-state index in [-0.39, 0.29) is 11.9 Å². The fraction of sp³-hybridized carbons (Fsp3) is 0.846. The summed E-state index contributed by atoms with van der Waals surface area (Å²) < 4.78 is 10.7. The van der Waals surface area contributed by atoms with Crippen molar-refractivity contribution in [1.29, 1.82) is 0 Å². The van der Waals surface area contributed by atoms with E-state index in [2.05, 4.69) is 0 Å². The molecule has 0 bridgehead atoms. The fourth-order valence-corrected chi connectivity index (χ4v) is 1.80. The van der Waals surface area contributed by atoms with Crippen LogP contribution >= 0.6 is 0 Å². The van der Waals surface area contributed by atoms with Gasteiger partial charge in [0.1, 0.15) is 5.60 Å². The molecule has 4 heteroatoms. The Hall–Kier alpha value is -1.06. The first-order valence-electron chi connectivity index (χ1n) is 6.06. The quantitative estimate of drug-likeness (QED) is 0.713. The van der Waals surface area contributed by atoms with Crippen LogP contribution in [0.2, 0.25) is 0 Å². The fourth-order valence-electron chi connectivity index (χ4n) is 1.80. The average Bonchev–Trinajstić information content (AvgIpc) is 2.40. The Morgan fingerprint density at radius 2 is 2.00 bits per heavy atom. The van der Waals surface area contributed by atoms with Gasteiger partial charge in [-0.3, -0.25) is 9.59 Å². The maximum atomic E-state index is 12.0. The molecule has 1 heterocycles.